The zero-order valence-corrected chi connectivity index (χ0v) is 30.2. The molecular weight excluding hydrogens is 772 g/mol. The Balaban J connectivity index is 1.43. The van der Waals surface area contributed by atoms with Crippen LogP contribution in [0, 0.1) is 0 Å². The number of benzene rings is 2. The van der Waals surface area contributed by atoms with Gasteiger partial charge in [0.25, 0.3) is 0 Å². The van der Waals surface area contributed by atoms with Gasteiger partial charge in [-0.1, -0.05) is 0 Å². The first kappa shape index (κ1) is 42.8. The number of aliphatic hydroxyl groups is 11. The van der Waals surface area contributed by atoms with Gasteiger partial charge in [0.2, 0.25) is 18.3 Å². The van der Waals surface area contributed by atoms with Crippen molar-refractivity contribution in [1.82, 2.24) is 0 Å². The second kappa shape index (κ2) is 17.6. The Kier molecular flexibility index (Phi) is 13.2. The fourth-order valence-electron chi connectivity index (χ4n) is 6.78. The number of hydrogen-bond acceptors (Lipinski definition) is 22. The molecule has 318 valence electrons. The summed E-state index contributed by atoms with van der Waals surface area (Å²) >= 11 is 0. The van der Waals surface area contributed by atoms with E-state index in [1.807, 2.05) is 0 Å². The average molecular weight is 819 g/mol. The van der Waals surface area contributed by atoms with Gasteiger partial charge in [-0.25, -0.2) is 0 Å². The van der Waals surface area contributed by atoms with E-state index in [0.717, 1.165) is 6.07 Å². The molecule has 4 heterocycles. The number of methoxy groups -OCH3 is 2. The maximum atomic E-state index is 11.3. The first-order valence-electron chi connectivity index (χ1n) is 17.6. The quantitative estimate of drug-likeness (QED) is 0.0958. The summed E-state index contributed by atoms with van der Waals surface area (Å²) in [6, 6.07) is 4.94. The van der Waals surface area contributed by atoms with E-state index in [1.54, 1.807) is 0 Å². The molecule has 0 radical (unpaired) electrons. The molecule has 0 spiro atoms. The zero-order valence-electron chi connectivity index (χ0n) is 30.2. The first-order valence-corrected chi connectivity index (χ1v) is 17.6. The topological polar surface area (TPSA) is 346 Å². The number of fused-ring (bicyclic) bond motifs is 1. The Labute approximate surface area is 323 Å². The lowest BCUT2D eigenvalue weighted by atomic mass is 9.97. The predicted molar refractivity (Wildman–Crippen MR) is 183 cm³/mol. The summed E-state index contributed by atoms with van der Waals surface area (Å²) in [5, 5.41) is 136. The molecule has 0 aromatic heterocycles. The van der Waals surface area contributed by atoms with E-state index < -0.39 is 124 Å². The van der Waals surface area contributed by atoms with Gasteiger partial charge in [0, 0.05) is 17.7 Å². The normalized spacial score (nSPS) is 38.0. The van der Waals surface area contributed by atoms with E-state index in [1.165, 1.54) is 38.5 Å². The Morgan fingerprint density at radius 3 is 1.61 bits per heavy atom. The van der Waals surface area contributed by atoms with Crippen LogP contribution in [0.25, 0.3) is 6.08 Å². The van der Waals surface area contributed by atoms with E-state index in [2.05, 4.69) is 0 Å². The second-order valence-electron chi connectivity index (χ2n) is 13.6. The number of rotatable bonds is 12. The second-order valence-corrected chi connectivity index (χ2v) is 13.6. The molecule has 0 amide bonds. The summed E-state index contributed by atoms with van der Waals surface area (Å²) in [6.45, 7) is -2.44. The van der Waals surface area contributed by atoms with Crippen LogP contribution in [-0.4, -0.2) is 193 Å². The molecule has 0 bridgehead atoms. The number of ether oxygens (including phenoxy) is 9. The average Bonchev–Trinajstić information content (AvgIpc) is 3.20. The highest BCUT2D eigenvalue weighted by Crippen LogP contribution is 2.48. The summed E-state index contributed by atoms with van der Waals surface area (Å²) in [4.78, 5) is 0. The molecule has 57 heavy (non-hydrogen) atoms. The Morgan fingerprint density at radius 1 is 0.561 bits per heavy atom. The van der Waals surface area contributed by atoms with E-state index in [-0.39, 0.29) is 45.6 Å². The number of aliphatic hydroxyl groups excluding tert-OH is 11. The standard InChI is InChI=1S/C35H46O22/c1-49-16-3-11(4-17(50-2)22(16)40)31-18(7-13-14(51-31)5-12(39)6-15(13)52-33-29(47)26(44)23(41)19(8-36)54-33)53-35-32(28(46)25(43)21(10-38)56-35)57-34-30(48)27(45)24(42)20(9-37)55-34/h3-7,19-21,23-48H,8-10H2,1-2H3/t19-,20-,21-,23-,24-,25-,26+,27+,28-,29+,30-,31?,32-,33-,34+,35-/m1/s1. The molecule has 3 saturated heterocycles. The predicted octanol–water partition coefficient (Wildman–Crippen LogP) is -4.59. The van der Waals surface area contributed by atoms with Crippen molar-refractivity contribution in [3.05, 3.63) is 41.2 Å². The maximum absolute atomic E-state index is 11.3. The van der Waals surface area contributed by atoms with Crippen molar-refractivity contribution in [2.75, 3.05) is 34.0 Å². The fourth-order valence-corrected chi connectivity index (χ4v) is 6.78. The molecule has 2 aromatic rings. The molecule has 13 N–H and O–H groups in total. The summed E-state index contributed by atoms with van der Waals surface area (Å²) in [6.07, 6.45) is -26.5. The van der Waals surface area contributed by atoms with Crippen LogP contribution < -0.4 is 18.9 Å². The SMILES string of the molecule is COc1cc(C2Oc3cc(O)cc(O[C@@H]4O[C@H](CO)[C@@H](O)[C@H](O)[C@@H]4O)c3C=C2O[C@@H]2O[C@H](CO)[C@@H](O)[C@@H](O)[C@H]2O[C@@H]2O[C@H](CO)[C@@H](O)[C@H](O)[C@H]2O)cc(OC)c1O. The lowest BCUT2D eigenvalue weighted by molar-refractivity contribution is -0.364. The summed E-state index contributed by atoms with van der Waals surface area (Å²) in [5.74, 6) is -1.59. The van der Waals surface area contributed by atoms with Crippen molar-refractivity contribution < 1.29 is 109 Å². The lowest BCUT2D eigenvalue weighted by Gasteiger charge is -2.46. The molecule has 4 aliphatic rings. The molecule has 0 aliphatic carbocycles. The van der Waals surface area contributed by atoms with Crippen LogP contribution in [0.15, 0.2) is 30.0 Å². The van der Waals surface area contributed by atoms with Gasteiger partial charge in [0.15, 0.2) is 30.0 Å². The molecule has 16 atom stereocenters. The van der Waals surface area contributed by atoms with Crippen LogP contribution in [0.4, 0.5) is 0 Å². The van der Waals surface area contributed by atoms with Gasteiger partial charge in [0.1, 0.15) is 90.2 Å². The van der Waals surface area contributed by atoms with E-state index in [9.17, 15) is 66.4 Å². The molecule has 1 unspecified atom stereocenters. The van der Waals surface area contributed by atoms with Crippen LogP contribution in [0.3, 0.4) is 0 Å². The number of phenols is 2. The minimum Gasteiger partial charge on any atom is -0.508 e. The third-order valence-corrected chi connectivity index (χ3v) is 9.99. The molecule has 6 rings (SSSR count). The van der Waals surface area contributed by atoms with Crippen LogP contribution >= 0.6 is 0 Å². The van der Waals surface area contributed by atoms with Crippen molar-refractivity contribution in [3.8, 4) is 34.5 Å². The van der Waals surface area contributed by atoms with Gasteiger partial charge in [-0.05, 0) is 18.2 Å². The molecule has 22 heteroatoms. The zero-order chi connectivity index (χ0) is 41.5. The third-order valence-electron chi connectivity index (χ3n) is 9.99. The van der Waals surface area contributed by atoms with Crippen LogP contribution in [0.1, 0.15) is 17.2 Å². The Hall–Kier alpha value is -3.82. The van der Waals surface area contributed by atoms with E-state index in [4.69, 9.17) is 42.6 Å². The molecule has 3 fully saturated rings. The van der Waals surface area contributed by atoms with Gasteiger partial charge in [-0.15, -0.1) is 0 Å². The van der Waals surface area contributed by atoms with Crippen LogP contribution in [0.5, 0.6) is 34.5 Å². The molecular formula is C35H46O22. The highest BCUT2D eigenvalue weighted by molar-refractivity contribution is 5.70. The van der Waals surface area contributed by atoms with Crippen LogP contribution in [0.2, 0.25) is 0 Å². The van der Waals surface area contributed by atoms with Crippen molar-refractivity contribution in [2.45, 2.75) is 98.2 Å². The third kappa shape index (κ3) is 8.25. The molecule has 0 saturated carbocycles. The molecule has 2 aromatic carbocycles. The summed E-state index contributed by atoms with van der Waals surface area (Å²) in [5.41, 5.74) is 0.148. The Morgan fingerprint density at radius 2 is 1.07 bits per heavy atom. The smallest absolute Gasteiger partial charge is 0.229 e. The number of phenolic OH excluding ortho intramolecular Hbond substituents is 2. The fraction of sp³-hybridized carbons (Fsp3) is 0.600. The molecule has 22 nitrogen and oxygen atoms in total. The lowest BCUT2D eigenvalue weighted by Crippen LogP contribution is -2.64. The largest absolute Gasteiger partial charge is 0.508 e. The van der Waals surface area contributed by atoms with Gasteiger partial charge in [-0.2, -0.15) is 0 Å². The number of aromatic hydroxyl groups is 2. The summed E-state index contributed by atoms with van der Waals surface area (Å²) < 4.78 is 51.7. The minimum atomic E-state index is -1.97. The highest BCUT2D eigenvalue weighted by Gasteiger charge is 2.52. The van der Waals surface area contributed by atoms with Crippen molar-refractivity contribution in [1.29, 1.82) is 0 Å². The highest BCUT2D eigenvalue weighted by atomic mass is 16.8. The van der Waals surface area contributed by atoms with Crippen molar-refractivity contribution in [2.24, 2.45) is 0 Å². The van der Waals surface area contributed by atoms with Gasteiger partial charge < -0.3 is 109 Å². The Bertz CT molecular complexity index is 1700. The number of hydrogen-bond donors (Lipinski definition) is 13. The van der Waals surface area contributed by atoms with Crippen molar-refractivity contribution in [3.63, 3.8) is 0 Å². The monoisotopic (exact) mass is 818 g/mol. The molecule has 4 aliphatic heterocycles. The van der Waals surface area contributed by atoms with Gasteiger partial charge in [-0.3, -0.25) is 0 Å². The summed E-state index contributed by atoms with van der Waals surface area (Å²) in [7, 11) is 2.53. The maximum Gasteiger partial charge on any atom is 0.229 e. The van der Waals surface area contributed by atoms with E-state index >= 15 is 0 Å². The van der Waals surface area contributed by atoms with Gasteiger partial charge in [0.05, 0.1) is 39.6 Å². The first-order chi connectivity index (χ1) is 27.1. The van der Waals surface area contributed by atoms with Crippen molar-refractivity contribution >= 4 is 6.08 Å². The minimum absolute atomic E-state index is 0.0183. The van der Waals surface area contributed by atoms with Gasteiger partial charge >= 0.3 is 0 Å². The van der Waals surface area contributed by atoms with E-state index in [0.29, 0.717) is 0 Å². The van der Waals surface area contributed by atoms with Crippen LogP contribution in [-0.2, 0) is 23.7 Å².